The number of rotatable bonds is 15. The molecule has 0 radical (unpaired) electrons. The monoisotopic (exact) mass is 447 g/mol. The van der Waals surface area contributed by atoms with E-state index in [-0.39, 0.29) is 11.3 Å². The maximum atomic E-state index is 12.8. The summed E-state index contributed by atoms with van der Waals surface area (Å²) in [6, 6.07) is 3.77. The summed E-state index contributed by atoms with van der Waals surface area (Å²) in [5.41, 5.74) is 2.54. The lowest BCUT2D eigenvalue weighted by molar-refractivity contribution is -0.870. The van der Waals surface area contributed by atoms with E-state index in [1.807, 2.05) is 19.1 Å². The molecule has 0 aliphatic heterocycles. The van der Waals surface area contributed by atoms with Gasteiger partial charge in [-0.1, -0.05) is 66.7 Å². The second-order valence-corrected chi connectivity index (χ2v) is 11.4. The Kier molecular flexibility index (Phi) is 11.8. The van der Waals surface area contributed by atoms with Gasteiger partial charge in [-0.05, 0) is 53.9 Å². The Morgan fingerprint density at radius 2 is 1.66 bits per heavy atom. The number of quaternary nitrogens is 1. The summed E-state index contributed by atoms with van der Waals surface area (Å²) in [4.78, 5) is 12.8. The Bertz CT molecular complexity index is 700. The third kappa shape index (κ3) is 10.4. The number of carbonyl (C=O) groups is 1. The highest BCUT2D eigenvalue weighted by molar-refractivity contribution is 5.94. The zero-order chi connectivity index (χ0) is 24.4. The highest BCUT2D eigenvalue weighted by atomic mass is 16.3. The Morgan fingerprint density at radius 1 is 1.03 bits per heavy atom. The second-order valence-electron chi connectivity index (χ2n) is 11.4. The van der Waals surface area contributed by atoms with Crippen molar-refractivity contribution in [2.24, 2.45) is 11.3 Å². The summed E-state index contributed by atoms with van der Waals surface area (Å²) >= 11 is 0. The molecule has 0 unspecified atom stereocenters. The van der Waals surface area contributed by atoms with Crippen molar-refractivity contribution in [1.29, 1.82) is 0 Å². The van der Waals surface area contributed by atoms with E-state index in [9.17, 15) is 9.90 Å². The molecule has 0 atom stereocenters. The molecule has 0 aromatic heterocycles. The first-order chi connectivity index (χ1) is 14.9. The normalized spacial score (nSPS) is 12.4. The highest BCUT2D eigenvalue weighted by Gasteiger charge is 2.22. The molecule has 1 amide bonds. The van der Waals surface area contributed by atoms with E-state index in [1.54, 1.807) is 0 Å². The fourth-order valence-electron chi connectivity index (χ4n) is 4.49. The number of hydrogen-bond acceptors (Lipinski definition) is 2. The third-order valence-corrected chi connectivity index (χ3v) is 6.74. The fraction of sp³-hybridized carbons (Fsp3) is 0.750. The zero-order valence-corrected chi connectivity index (χ0v) is 22.3. The lowest BCUT2D eigenvalue weighted by Gasteiger charge is -2.26. The van der Waals surface area contributed by atoms with Crippen molar-refractivity contribution >= 4 is 5.91 Å². The lowest BCUT2D eigenvalue weighted by Crippen LogP contribution is -2.37. The van der Waals surface area contributed by atoms with E-state index in [1.165, 1.54) is 32.1 Å². The van der Waals surface area contributed by atoms with Crippen LogP contribution in [-0.2, 0) is 12.8 Å². The van der Waals surface area contributed by atoms with Crippen LogP contribution in [0.15, 0.2) is 12.1 Å². The minimum atomic E-state index is -0.0367. The number of aryl methyl sites for hydroxylation is 1. The quantitative estimate of drug-likeness (QED) is 0.243. The molecule has 0 aliphatic rings. The smallest absolute Gasteiger partial charge is 0.251 e. The minimum Gasteiger partial charge on any atom is -0.507 e. The summed E-state index contributed by atoms with van der Waals surface area (Å²) < 4.78 is 0.895. The van der Waals surface area contributed by atoms with Crippen molar-refractivity contribution in [3.63, 3.8) is 0 Å². The Labute approximate surface area is 198 Å². The molecule has 0 saturated carbocycles. The van der Waals surface area contributed by atoms with Crippen LogP contribution in [0.1, 0.15) is 101 Å². The molecule has 2 N–H and O–H groups in total. The van der Waals surface area contributed by atoms with E-state index in [2.05, 4.69) is 54.2 Å². The van der Waals surface area contributed by atoms with Crippen molar-refractivity contribution in [2.75, 3.05) is 34.2 Å². The Balaban J connectivity index is 2.79. The minimum absolute atomic E-state index is 0.0367. The van der Waals surface area contributed by atoms with Gasteiger partial charge >= 0.3 is 0 Å². The molecule has 0 aliphatic carbocycles. The van der Waals surface area contributed by atoms with Gasteiger partial charge in [0, 0.05) is 18.5 Å². The summed E-state index contributed by atoms with van der Waals surface area (Å²) in [5, 5.41) is 13.9. The highest BCUT2D eigenvalue weighted by Crippen LogP contribution is 2.35. The van der Waals surface area contributed by atoms with E-state index < -0.39 is 0 Å². The van der Waals surface area contributed by atoms with Gasteiger partial charge in [0.25, 0.3) is 5.91 Å². The number of phenols is 1. The molecule has 0 spiro atoms. The van der Waals surface area contributed by atoms with Gasteiger partial charge in [-0.2, -0.15) is 0 Å². The maximum Gasteiger partial charge on any atom is 0.251 e. The molecule has 0 heterocycles. The largest absolute Gasteiger partial charge is 0.507 e. The molecule has 4 nitrogen and oxygen atoms in total. The molecule has 4 heteroatoms. The molecule has 1 aromatic carbocycles. The number of aromatic hydroxyl groups is 1. The lowest BCUT2D eigenvalue weighted by atomic mass is 9.79. The average Bonchev–Trinajstić information content (AvgIpc) is 2.71. The summed E-state index contributed by atoms with van der Waals surface area (Å²) in [5.74, 6) is 1.19. The van der Waals surface area contributed by atoms with Crippen molar-refractivity contribution in [3.8, 4) is 5.75 Å². The molecule has 0 saturated heterocycles. The van der Waals surface area contributed by atoms with Gasteiger partial charge < -0.3 is 14.9 Å². The molecule has 1 rings (SSSR count). The molecule has 32 heavy (non-hydrogen) atoms. The number of nitrogens with one attached hydrogen (secondary N) is 1. The van der Waals surface area contributed by atoms with Crippen LogP contribution in [0.4, 0.5) is 0 Å². The molecular weight excluding hydrogens is 396 g/mol. The maximum absolute atomic E-state index is 12.8. The first-order valence-electron chi connectivity index (χ1n) is 12.9. The van der Waals surface area contributed by atoms with Gasteiger partial charge in [0.1, 0.15) is 5.75 Å². The zero-order valence-electron chi connectivity index (χ0n) is 22.3. The van der Waals surface area contributed by atoms with Gasteiger partial charge in [-0.3, -0.25) is 4.79 Å². The standard InChI is InChI=1S/C28H50N2O2/c1-9-22(10-2)15-12-13-16-28(4,5)21-25-20-24(19-23(11-3)26(25)31)27(32)29-17-14-18-30(6,7)8/h19-20,22H,9-18,21H2,1-8H3,(H-,29,31,32)/p+1. The first kappa shape index (κ1) is 28.5. The van der Waals surface area contributed by atoms with Gasteiger partial charge in [0.15, 0.2) is 0 Å². The van der Waals surface area contributed by atoms with Gasteiger partial charge in [-0.25, -0.2) is 0 Å². The van der Waals surface area contributed by atoms with Crippen LogP contribution in [0, 0.1) is 11.3 Å². The Hall–Kier alpha value is -1.55. The summed E-state index contributed by atoms with van der Waals surface area (Å²) in [7, 11) is 6.49. The molecule has 0 fully saturated rings. The summed E-state index contributed by atoms with van der Waals surface area (Å²) in [6.07, 6.45) is 9.96. The number of carbonyl (C=O) groups excluding carboxylic acids is 1. The predicted molar refractivity (Wildman–Crippen MR) is 137 cm³/mol. The molecule has 184 valence electrons. The van der Waals surface area contributed by atoms with E-state index >= 15 is 0 Å². The van der Waals surface area contributed by atoms with Crippen molar-refractivity contribution in [2.45, 2.75) is 92.4 Å². The molecular formula is C28H51N2O2+. The molecule has 0 bridgehead atoms. The predicted octanol–water partition coefficient (Wildman–Crippen LogP) is 6.35. The van der Waals surface area contributed by atoms with Crippen LogP contribution in [0.2, 0.25) is 0 Å². The van der Waals surface area contributed by atoms with Crippen molar-refractivity contribution < 1.29 is 14.4 Å². The topological polar surface area (TPSA) is 49.3 Å². The van der Waals surface area contributed by atoms with Crippen molar-refractivity contribution in [3.05, 3.63) is 28.8 Å². The SMILES string of the molecule is CCc1cc(C(=O)NCCC[N+](C)(C)C)cc(CC(C)(C)CCCCC(CC)CC)c1O. The van der Waals surface area contributed by atoms with Crippen LogP contribution >= 0.6 is 0 Å². The average molecular weight is 448 g/mol. The number of hydrogen-bond donors (Lipinski definition) is 2. The number of unbranched alkanes of at least 4 members (excludes halogenated alkanes) is 1. The van der Waals surface area contributed by atoms with E-state index in [0.29, 0.717) is 17.9 Å². The van der Waals surface area contributed by atoms with Gasteiger partial charge in [-0.15, -0.1) is 0 Å². The van der Waals surface area contributed by atoms with Gasteiger partial charge in [0.05, 0.1) is 27.7 Å². The van der Waals surface area contributed by atoms with Crippen molar-refractivity contribution in [1.82, 2.24) is 5.32 Å². The summed E-state index contributed by atoms with van der Waals surface area (Å²) in [6.45, 7) is 12.9. The van der Waals surface area contributed by atoms with E-state index in [0.717, 1.165) is 53.8 Å². The van der Waals surface area contributed by atoms with Crippen LogP contribution in [0.5, 0.6) is 5.75 Å². The van der Waals surface area contributed by atoms with Crippen LogP contribution in [-0.4, -0.2) is 49.7 Å². The number of phenolic OH excluding ortho intramolecular Hbond substituents is 1. The third-order valence-electron chi connectivity index (χ3n) is 6.74. The van der Waals surface area contributed by atoms with Crippen LogP contribution < -0.4 is 5.32 Å². The molecule has 1 aromatic rings. The van der Waals surface area contributed by atoms with Crippen LogP contribution in [0.3, 0.4) is 0 Å². The number of nitrogens with zero attached hydrogens (tertiary/aromatic N) is 1. The van der Waals surface area contributed by atoms with Gasteiger partial charge in [0.2, 0.25) is 0 Å². The number of benzene rings is 1. The fourth-order valence-corrected chi connectivity index (χ4v) is 4.49. The Morgan fingerprint density at radius 3 is 2.22 bits per heavy atom. The second kappa shape index (κ2) is 13.2. The first-order valence-corrected chi connectivity index (χ1v) is 12.9. The van der Waals surface area contributed by atoms with E-state index in [4.69, 9.17) is 0 Å². The number of amides is 1. The van der Waals surface area contributed by atoms with Crippen LogP contribution in [0.25, 0.3) is 0 Å².